The van der Waals surface area contributed by atoms with E-state index < -0.39 is 14.9 Å². The zero-order valence-electron chi connectivity index (χ0n) is 12.0. The lowest BCUT2D eigenvalue weighted by atomic mass is 9.81. The second kappa shape index (κ2) is 5.36. The minimum atomic E-state index is -3.74. The highest BCUT2D eigenvalue weighted by atomic mass is 32.2. The predicted octanol–water partition coefficient (Wildman–Crippen LogP) is 1.34. The van der Waals surface area contributed by atoms with Gasteiger partial charge in [-0.05, 0) is 17.9 Å². The minimum Gasteiger partial charge on any atom is -0.327 e. The van der Waals surface area contributed by atoms with Gasteiger partial charge in [0.05, 0.1) is 9.82 Å². The molecule has 1 saturated heterocycles. The van der Waals surface area contributed by atoms with Gasteiger partial charge in [0.1, 0.15) is 0 Å². The molecular weight excluding hydrogens is 294 g/mol. The summed E-state index contributed by atoms with van der Waals surface area (Å²) in [5, 5.41) is 10.8. The summed E-state index contributed by atoms with van der Waals surface area (Å²) in [6, 6.07) is 5.07. The summed E-state index contributed by atoms with van der Waals surface area (Å²) in [6.45, 7) is 4.48. The van der Waals surface area contributed by atoms with Gasteiger partial charge in [-0.2, -0.15) is 4.31 Å². The average molecular weight is 313 g/mol. The van der Waals surface area contributed by atoms with Crippen molar-refractivity contribution in [2.45, 2.75) is 31.2 Å². The highest BCUT2D eigenvalue weighted by molar-refractivity contribution is 7.89. The van der Waals surface area contributed by atoms with E-state index in [2.05, 4.69) is 0 Å². The third kappa shape index (κ3) is 3.07. The Morgan fingerprint density at radius 1 is 1.43 bits per heavy atom. The lowest BCUT2D eigenvalue weighted by Crippen LogP contribution is -2.53. The SMILES string of the molecule is CC1(C)CN(S(=O)(=O)c2cccc([N+](=O)[O-])c2)CCC1N. The van der Waals surface area contributed by atoms with Crippen LogP contribution in [-0.4, -0.2) is 36.8 Å². The Labute approximate surface area is 123 Å². The Kier molecular flexibility index (Phi) is 4.05. The molecule has 0 amide bonds. The normalized spacial score (nSPS) is 22.9. The molecule has 0 spiro atoms. The highest BCUT2D eigenvalue weighted by Gasteiger charge is 2.39. The van der Waals surface area contributed by atoms with E-state index in [1.165, 1.54) is 22.5 Å². The number of nitrogens with two attached hydrogens (primary N) is 1. The number of nitrogens with zero attached hydrogens (tertiary/aromatic N) is 2. The number of nitro benzene ring substituents is 1. The number of sulfonamides is 1. The fourth-order valence-electron chi connectivity index (χ4n) is 2.44. The lowest BCUT2D eigenvalue weighted by Gasteiger charge is -2.41. The third-order valence-electron chi connectivity index (χ3n) is 3.94. The van der Waals surface area contributed by atoms with Crippen molar-refractivity contribution in [3.05, 3.63) is 34.4 Å². The van der Waals surface area contributed by atoms with Crippen molar-refractivity contribution in [3.63, 3.8) is 0 Å². The second-order valence-electron chi connectivity index (χ2n) is 5.98. The van der Waals surface area contributed by atoms with Gasteiger partial charge >= 0.3 is 0 Å². The number of benzene rings is 1. The standard InChI is InChI=1S/C13H19N3O4S/c1-13(2)9-15(7-6-12(13)14)21(19,20)11-5-3-4-10(8-11)16(17)18/h3-5,8,12H,6-7,9,14H2,1-2H3. The van der Waals surface area contributed by atoms with Crippen molar-refractivity contribution in [2.24, 2.45) is 11.1 Å². The van der Waals surface area contributed by atoms with Gasteiger partial charge in [0.15, 0.2) is 0 Å². The third-order valence-corrected chi connectivity index (χ3v) is 5.78. The van der Waals surface area contributed by atoms with E-state index in [0.29, 0.717) is 19.5 Å². The topological polar surface area (TPSA) is 107 Å². The molecule has 1 atom stereocenters. The van der Waals surface area contributed by atoms with Crippen LogP contribution in [0.2, 0.25) is 0 Å². The quantitative estimate of drug-likeness (QED) is 0.669. The number of hydrogen-bond donors (Lipinski definition) is 1. The molecule has 0 aliphatic carbocycles. The van der Waals surface area contributed by atoms with Crippen LogP contribution in [0, 0.1) is 15.5 Å². The maximum Gasteiger partial charge on any atom is 0.270 e. The van der Waals surface area contributed by atoms with Crippen LogP contribution >= 0.6 is 0 Å². The van der Waals surface area contributed by atoms with E-state index >= 15 is 0 Å². The molecule has 1 aliphatic rings. The van der Waals surface area contributed by atoms with E-state index in [0.717, 1.165) is 6.07 Å². The van der Waals surface area contributed by atoms with Gasteiger partial charge in [-0.25, -0.2) is 8.42 Å². The van der Waals surface area contributed by atoms with Crippen LogP contribution in [-0.2, 0) is 10.0 Å². The first kappa shape index (κ1) is 15.9. The lowest BCUT2D eigenvalue weighted by molar-refractivity contribution is -0.385. The largest absolute Gasteiger partial charge is 0.327 e. The summed E-state index contributed by atoms with van der Waals surface area (Å²) < 4.78 is 26.6. The number of rotatable bonds is 3. The number of hydrogen-bond acceptors (Lipinski definition) is 5. The van der Waals surface area contributed by atoms with Crippen molar-refractivity contribution < 1.29 is 13.3 Å². The molecule has 2 rings (SSSR count). The van der Waals surface area contributed by atoms with Gasteiger partial charge in [0, 0.05) is 31.3 Å². The number of non-ortho nitro benzene ring substituents is 1. The van der Waals surface area contributed by atoms with E-state index in [1.54, 1.807) is 0 Å². The van der Waals surface area contributed by atoms with Crippen LogP contribution in [0.4, 0.5) is 5.69 Å². The molecule has 1 heterocycles. The zero-order valence-corrected chi connectivity index (χ0v) is 12.8. The molecule has 1 aliphatic heterocycles. The van der Waals surface area contributed by atoms with Crippen molar-refractivity contribution in [1.82, 2.24) is 4.31 Å². The Bertz CT molecular complexity index is 657. The van der Waals surface area contributed by atoms with Gasteiger partial charge in [-0.15, -0.1) is 0 Å². The van der Waals surface area contributed by atoms with Gasteiger partial charge in [0.25, 0.3) is 5.69 Å². The molecule has 2 N–H and O–H groups in total. The summed E-state index contributed by atoms with van der Waals surface area (Å²) >= 11 is 0. The molecule has 0 saturated carbocycles. The van der Waals surface area contributed by atoms with Crippen LogP contribution in [0.3, 0.4) is 0 Å². The smallest absolute Gasteiger partial charge is 0.270 e. The van der Waals surface area contributed by atoms with Crippen molar-refractivity contribution in [1.29, 1.82) is 0 Å². The average Bonchev–Trinajstić information content (AvgIpc) is 2.41. The molecule has 116 valence electrons. The molecule has 1 aromatic rings. The molecule has 1 fully saturated rings. The minimum absolute atomic E-state index is 0.0528. The summed E-state index contributed by atoms with van der Waals surface area (Å²) in [7, 11) is -3.74. The molecule has 0 aromatic heterocycles. The highest BCUT2D eigenvalue weighted by Crippen LogP contribution is 2.31. The van der Waals surface area contributed by atoms with Crippen LogP contribution in [0.5, 0.6) is 0 Å². The maximum atomic E-state index is 12.6. The van der Waals surface area contributed by atoms with Gasteiger partial charge < -0.3 is 5.73 Å². The Hall–Kier alpha value is -1.51. The first-order valence-electron chi connectivity index (χ1n) is 6.65. The van der Waals surface area contributed by atoms with Crippen molar-refractivity contribution in [3.8, 4) is 0 Å². The number of piperidine rings is 1. The molecular formula is C13H19N3O4S. The zero-order chi connectivity index (χ0) is 15.8. The molecule has 1 aromatic carbocycles. The molecule has 21 heavy (non-hydrogen) atoms. The fourth-order valence-corrected chi connectivity index (χ4v) is 4.10. The monoisotopic (exact) mass is 313 g/mol. The van der Waals surface area contributed by atoms with E-state index in [4.69, 9.17) is 5.73 Å². The summed E-state index contributed by atoms with van der Waals surface area (Å²) in [5.41, 5.74) is 5.45. The Balaban J connectivity index is 2.34. The Morgan fingerprint density at radius 2 is 2.10 bits per heavy atom. The van der Waals surface area contributed by atoms with Crippen molar-refractivity contribution in [2.75, 3.05) is 13.1 Å². The van der Waals surface area contributed by atoms with Gasteiger partial charge in [-0.1, -0.05) is 19.9 Å². The van der Waals surface area contributed by atoms with Crippen LogP contribution in [0.25, 0.3) is 0 Å². The summed E-state index contributed by atoms with van der Waals surface area (Å²) in [5.74, 6) is 0. The van der Waals surface area contributed by atoms with E-state index in [1.807, 2.05) is 13.8 Å². The first-order chi connectivity index (χ1) is 9.64. The molecule has 7 nitrogen and oxygen atoms in total. The summed E-state index contributed by atoms with van der Waals surface area (Å²) in [6.07, 6.45) is 0.571. The predicted molar refractivity (Wildman–Crippen MR) is 78.2 cm³/mol. The first-order valence-corrected chi connectivity index (χ1v) is 8.09. The number of nitro groups is 1. The molecule has 1 unspecified atom stereocenters. The fraction of sp³-hybridized carbons (Fsp3) is 0.538. The molecule has 0 radical (unpaired) electrons. The van der Waals surface area contributed by atoms with Gasteiger partial charge in [-0.3, -0.25) is 10.1 Å². The Morgan fingerprint density at radius 3 is 2.67 bits per heavy atom. The summed E-state index contributed by atoms with van der Waals surface area (Å²) in [4.78, 5) is 10.1. The second-order valence-corrected chi connectivity index (χ2v) is 7.91. The molecule has 8 heteroatoms. The van der Waals surface area contributed by atoms with Crippen LogP contribution < -0.4 is 5.73 Å². The van der Waals surface area contributed by atoms with Crippen LogP contribution in [0.15, 0.2) is 29.2 Å². The maximum absolute atomic E-state index is 12.6. The van der Waals surface area contributed by atoms with Crippen molar-refractivity contribution >= 4 is 15.7 Å². The molecule has 0 bridgehead atoms. The van der Waals surface area contributed by atoms with Crippen LogP contribution in [0.1, 0.15) is 20.3 Å². The van der Waals surface area contributed by atoms with Gasteiger partial charge in [0.2, 0.25) is 10.0 Å². The van der Waals surface area contributed by atoms with E-state index in [9.17, 15) is 18.5 Å². The van der Waals surface area contributed by atoms with E-state index in [-0.39, 0.29) is 22.0 Å².